The first-order chi connectivity index (χ1) is 8.69. The van der Waals surface area contributed by atoms with Crippen LogP contribution in [0.4, 0.5) is 8.78 Å². The third kappa shape index (κ3) is 2.85. The molecule has 2 aliphatic carbocycles. The molecule has 0 aromatic carbocycles. The molecule has 1 spiro atoms. The second kappa shape index (κ2) is 6.29. The average Bonchev–Trinajstić information content (AvgIpc) is 2.37. The Morgan fingerprint density at radius 3 is 2.61 bits per heavy atom. The van der Waals surface area contributed by atoms with Crippen molar-refractivity contribution in [3.8, 4) is 0 Å². The fraction of sp³-hybridized carbons (Fsp3) is 1.00. The Hall–Kier alpha value is -0.220. The van der Waals surface area contributed by atoms with Crippen molar-refractivity contribution in [2.45, 2.75) is 70.4 Å². The number of alkyl halides is 2. The first-order valence-corrected chi connectivity index (χ1v) is 7.32. The molecule has 0 heterocycles. The van der Waals surface area contributed by atoms with Crippen LogP contribution in [0.15, 0.2) is 0 Å². The summed E-state index contributed by atoms with van der Waals surface area (Å²) < 4.78 is 30.0. The number of halogens is 2. The second-order valence-electron chi connectivity index (χ2n) is 5.75. The van der Waals surface area contributed by atoms with Crippen LogP contribution in [0, 0.1) is 5.41 Å². The van der Waals surface area contributed by atoms with Gasteiger partial charge in [0.25, 0.3) is 6.43 Å². The summed E-state index contributed by atoms with van der Waals surface area (Å²) in [5.74, 6) is 0. The predicted molar refractivity (Wildman–Crippen MR) is 68.0 cm³/mol. The molecule has 106 valence electrons. The highest BCUT2D eigenvalue weighted by Gasteiger charge is 2.55. The number of ether oxygens (including phenoxy) is 1. The number of hydrogen-bond acceptors (Lipinski definition) is 2. The molecular weight excluding hydrogens is 236 g/mol. The minimum Gasteiger partial charge on any atom is -0.372 e. The summed E-state index contributed by atoms with van der Waals surface area (Å²) in [6, 6.07) is 0.487. The molecule has 0 bridgehead atoms. The van der Waals surface area contributed by atoms with Gasteiger partial charge in [-0.05, 0) is 32.2 Å². The lowest BCUT2D eigenvalue weighted by molar-refractivity contribution is -0.168. The smallest absolute Gasteiger partial charge is 0.261 e. The first-order valence-electron chi connectivity index (χ1n) is 7.32. The van der Waals surface area contributed by atoms with Crippen LogP contribution in [0.2, 0.25) is 0 Å². The molecule has 1 N–H and O–H groups in total. The molecule has 2 rings (SSSR count). The Kier molecular flexibility index (Phi) is 4.96. The van der Waals surface area contributed by atoms with Gasteiger partial charge in [-0.3, -0.25) is 0 Å². The van der Waals surface area contributed by atoms with Crippen molar-refractivity contribution in [1.82, 2.24) is 5.32 Å². The molecule has 0 radical (unpaired) electrons. The van der Waals surface area contributed by atoms with E-state index in [1.807, 2.05) is 0 Å². The van der Waals surface area contributed by atoms with E-state index in [1.165, 1.54) is 19.3 Å². The normalized spacial score (nSPS) is 30.7. The Balaban J connectivity index is 1.91. The third-order valence-corrected chi connectivity index (χ3v) is 4.63. The second-order valence-corrected chi connectivity index (χ2v) is 5.75. The van der Waals surface area contributed by atoms with Crippen LogP contribution in [-0.4, -0.2) is 31.7 Å². The van der Waals surface area contributed by atoms with Gasteiger partial charge >= 0.3 is 0 Å². The van der Waals surface area contributed by atoms with Gasteiger partial charge in [0.05, 0.1) is 6.10 Å². The summed E-state index contributed by atoms with van der Waals surface area (Å²) >= 11 is 0. The van der Waals surface area contributed by atoms with Crippen LogP contribution in [0.1, 0.15) is 51.9 Å². The summed E-state index contributed by atoms with van der Waals surface area (Å²) in [7, 11) is 0. The molecule has 2 unspecified atom stereocenters. The molecule has 0 saturated heterocycles. The van der Waals surface area contributed by atoms with E-state index in [0.717, 1.165) is 32.2 Å². The van der Waals surface area contributed by atoms with E-state index in [0.29, 0.717) is 6.04 Å². The highest BCUT2D eigenvalue weighted by atomic mass is 19.3. The molecule has 0 amide bonds. The zero-order chi connectivity index (χ0) is 13.0. The van der Waals surface area contributed by atoms with E-state index in [2.05, 4.69) is 12.2 Å². The summed E-state index contributed by atoms with van der Waals surface area (Å²) in [5, 5.41) is 3.58. The molecule has 2 fully saturated rings. The van der Waals surface area contributed by atoms with Crippen LogP contribution >= 0.6 is 0 Å². The van der Waals surface area contributed by atoms with E-state index in [-0.39, 0.29) is 11.5 Å². The molecule has 0 aromatic heterocycles. The van der Waals surface area contributed by atoms with Gasteiger partial charge in [-0.1, -0.05) is 26.2 Å². The first kappa shape index (κ1) is 14.2. The Bertz CT molecular complexity index is 254. The molecule has 2 nitrogen and oxygen atoms in total. The summed E-state index contributed by atoms with van der Waals surface area (Å²) in [6.07, 6.45) is 5.75. The maximum atomic E-state index is 12.3. The van der Waals surface area contributed by atoms with Crippen molar-refractivity contribution < 1.29 is 13.5 Å². The van der Waals surface area contributed by atoms with E-state index in [4.69, 9.17) is 4.74 Å². The average molecular weight is 261 g/mol. The standard InChI is InChI=1S/C14H25F2NO/c1-2-8-17-11-9-12(18-10-13(15)16)14(11)6-4-3-5-7-14/h11-13,17H,2-10H2,1H3. The van der Waals surface area contributed by atoms with Crippen molar-refractivity contribution in [3.63, 3.8) is 0 Å². The van der Waals surface area contributed by atoms with Crippen molar-refractivity contribution >= 4 is 0 Å². The largest absolute Gasteiger partial charge is 0.372 e. The van der Waals surface area contributed by atoms with E-state index in [9.17, 15) is 8.78 Å². The highest BCUT2D eigenvalue weighted by molar-refractivity contribution is 5.08. The lowest BCUT2D eigenvalue weighted by Gasteiger charge is -2.58. The van der Waals surface area contributed by atoms with Gasteiger partial charge in [-0.15, -0.1) is 0 Å². The van der Waals surface area contributed by atoms with Crippen molar-refractivity contribution in [1.29, 1.82) is 0 Å². The van der Waals surface area contributed by atoms with Crippen molar-refractivity contribution in [2.75, 3.05) is 13.2 Å². The van der Waals surface area contributed by atoms with Gasteiger partial charge in [0.2, 0.25) is 0 Å². The minimum absolute atomic E-state index is 0.0566. The zero-order valence-electron chi connectivity index (χ0n) is 11.3. The summed E-state index contributed by atoms with van der Waals surface area (Å²) in [4.78, 5) is 0. The molecule has 0 aliphatic heterocycles. The maximum Gasteiger partial charge on any atom is 0.261 e. The van der Waals surface area contributed by atoms with Crippen LogP contribution in [0.5, 0.6) is 0 Å². The number of hydrogen-bond donors (Lipinski definition) is 1. The Morgan fingerprint density at radius 1 is 1.28 bits per heavy atom. The van der Waals surface area contributed by atoms with E-state index < -0.39 is 13.0 Å². The number of nitrogens with one attached hydrogen (secondary N) is 1. The van der Waals surface area contributed by atoms with Gasteiger partial charge in [-0.2, -0.15) is 0 Å². The molecule has 0 aromatic rings. The SMILES string of the molecule is CCCNC1CC(OCC(F)F)C12CCCCC2. The predicted octanol–water partition coefficient (Wildman–Crippen LogP) is 3.36. The van der Waals surface area contributed by atoms with Crippen molar-refractivity contribution in [3.05, 3.63) is 0 Å². The zero-order valence-corrected chi connectivity index (χ0v) is 11.3. The van der Waals surface area contributed by atoms with Gasteiger partial charge in [0.15, 0.2) is 0 Å². The number of rotatable bonds is 6. The van der Waals surface area contributed by atoms with Crippen molar-refractivity contribution in [2.24, 2.45) is 5.41 Å². The van der Waals surface area contributed by atoms with Gasteiger partial charge in [0, 0.05) is 11.5 Å². The van der Waals surface area contributed by atoms with Crippen LogP contribution in [0.25, 0.3) is 0 Å². The maximum absolute atomic E-state index is 12.3. The van der Waals surface area contributed by atoms with Crippen LogP contribution in [-0.2, 0) is 4.74 Å². The van der Waals surface area contributed by atoms with Gasteiger partial charge in [-0.25, -0.2) is 8.78 Å². The fourth-order valence-electron chi connectivity index (χ4n) is 3.66. The van der Waals surface area contributed by atoms with Crippen LogP contribution in [0.3, 0.4) is 0 Å². The fourth-order valence-corrected chi connectivity index (χ4v) is 3.66. The summed E-state index contributed by atoms with van der Waals surface area (Å²) in [5.41, 5.74) is 0.155. The van der Waals surface area contributed by atoms with Gasteiger partial charge < -0.3 is 10.1 Å². The molecule has 2 saturated carbocycles. The van der Waals surface area contributed by atoms with E-state index in [1.54, 1.807) is 0 Å². The molecule has 2 aliphatic rings. The lowest BCUT2D eigenvalue weighted by atomic mass is 9.55. The highest BCUT2D eigenvalue weighted by Crippen LogP contribution is 2.53. The Labute approximate surface area is 108 Å². The molecular formula is C14H25F2NO. The minimum atomic E-state index is -2.34. The quantitative estimate of drug-likeness (QED) is 0.791. The molecule has 4 heteroatoms. The van der Waals surface area contributed by atoms with Gasteiger partial charge in [0.1, 0.15) is 6.61 Å². The summed E-state index contributed by atoms with van der Waals surface area (Å²) in [6.45, 7) is 2.78. The van der Waals surface area contributed by atoms with Crippen LogP contribution < -0.4 is 5.32 Å². The molecule has 2 atom stereocenters. The van der Waals surface area contributed by atoms with E-state index >= 15 is 0 Å². The lowest BCUT2D eigenvalue weighted by Crippen LogP contribution is -2.64. The topological polar surface area (TPSA) is 21.3 Å². The monoisotopic (exact) mass is 261 g/mol. The molecule has 18 heavy (non-hydrogen) atoms. The Morgan fingerprint density at radius 2 is 2.00 bits per heavy atom. The third-order valence-electron chi connectivity index (χ3n) is 4.63.